The van der Waals surface area contributed by atoms with Crippen LogP contribution in [0.25, 0.3) is 0 Å². The topological polar surface area (TPSA) is 12.0 Å². The van der Waals surface area contributed by atoms with E-state index in [0.29, 0.717) is 5.92 Å². The third kappa shape index (κ3) is 4.08. The molecule has 1 aliphatic heterocycles. The van der Waals surface area contributed by atoms with Gasteiger partial charge in [0.25, 0.3) is 0 Å². The molecule has 1 N–H and O–H groups in total. The summed E-state index contributed by atoms with van der Waals surface area (Å²) in [7, 11) is 0. The Morgan fingerprint density at radius 1 is 1.38 bits per heavy atom. The minimum Gasteiger partial charge on any atom is -0.316 e. The van der Waals surface area contributed by atoms with E-state index in [1.54, 1.807) is 0 Å². The molecule has 0 aromatic rings. The monoisotopic (exact) mass is 187 g/mol. The summed E-state index contributed by atoms with van der Waals surface area (Å²) in [4.78, 5) is 0. The van der Waals surface area contributed by atoms with Crippen molar-refractivity contribution in [3.05, 3.63) is 0 Å². The summed E-state index contributed by atoms with van der Waals surface area (Å²) in [5.41, 5.74) is 0. The van der Waals surface area contributed by atoms with E-state index in [9.17, 15) is 4.39 Å². The van der Waals surface area contributed by atoms with Crippen molar-refractivity contribution in [2.75, 3.05) is 13.1 Å². The van der Waals surface area contributed by atoms with Gasteiger partial charge in [-0.05, 0) is 31.7 Å². The quantitative estimate of drug-likeness (QED) is 0.716. The van der Waals surface area contributed by atoms with Crippen LogP contribution in [0, 0.1) is 11.8 Å². The molecule has 1 fully saturated rings. The predicted octanol–water partition coefficient (Wildman–Crippen LogP) is 2.76. The fraction of sp³-hybridized carbons (Fsp3) is 1.00. The van der Waals surface area contributed by atoms with Gasteiger partial charge in [-0.25, -0.2) is 4.39 Å². The van der Waals surface area contributed by atoms with Crippen molar-refractivity contribution in [1.82, 2.24) is 5.32 Å². The number of hydrogen-bond donors (Lipinski definition) is 1. The number of nitrogens with one attached hydrogen (secondary N) is 1. The number of alkyl halides is 1. The predicted molar refractivity (Wildman–Crippen MR) is 54.6 cm³/mol. The van der Waals surface area contributed by atoms with E-state index >= 15 is 0 Å². The molecule has 1 saturated heterocycles. The van der Waals surface area contributed by atoms with E-state index in [2.05, 4.69) is 19.2 Å². The van der Waals surface area contributed by atoms with E-state index in [4.69, 9.17) is 0 Å². The highest BCUT2D eigenvalue weighted by atomic mass is 19.1. The number of halogens is 1. The maximum absolute atomic E-state index is 13.7. The van der Waals surface area contributed by atoms with Crippen molar-refractivity contribution in [2.24, 2.45) is 11.8 Å². The Kier molecular flexibility index (Phi) is 4.71. The second-order valence-electron chi connectivity index (χ2n) is 4.61. The van der Waals surface area contributed by atoms with E-state index in [1.165, 1.54) is 12.8 Å². The van der Waals surface area contributed by atoms with Crippen molar-refractivity contribution in [1.29, 1.82) is 0 Å². The SMILES string of the molecule is CC(C)CC(F)C1CCCCNC1. The molecular weight excluding hydrogens is 165 g/mol. The lowest BCUT2D eigenvalue weighted by Gasteiger charge is -2.20. The first-order chi connectivity index (χ1) is 6.20. The van der Waals surface area contributed by atoms with Gasteiger partial charge < -0.3 is 5.32 Å². The van der Waals surface area contributed by atoms with Gasteiger partial charge in [-0.2, -0.15) is 0 Å². The van der Waals surface area contributed by atoms with Crippen molar-refractivity contribution in [2.45, 2.75) is 45.7 Å². The molecule has 0 amide bonds. The summed E-state index contributed by atoms with van der Waals surface area (Å²) < 4.78 is 13.7. The zero-order valence-electron chi connectivity index (χ0n) is 8.85. The normalized spacial score (nSPS) is 27.2. The van der Waals surface area contributed by atoms with E-state index in [0.717, 1.165) is 25.9 Å². The highest BCUT2D eigenvalue weighted by molar-refractivity contribution is 4.75. The Morgan fingerprint density at radius 2 is 2.15 bits per heavy atom. The van der Waals surface area contributed by atoms with Gasteiger partial charge in [0, 0.05) is 12.5 Å². The maximum atomic E-state index is 13.7. The summed E-state index contributed by atoms with van der Waals surface area (Å²) >= 11 is 0. The molecule has 2 heteroatoms. The Labute approximate surface area is 81.1 Å². The van der Waals surface area contributed by atoms with Crippen LogP contribution in [0.1, 0.15) is 39.5 Å². The van der Waals surface area contributed by atoms with Crippen LogP contribution >= 0.6 is 0 Å². The molecule has 1 rings (SSSR count). The van der Waals surface area contributed by atoms with Crippen LogP contribution in [-0.2, 0) is 0 Å². The zero-order valence-corrected chi connectivity index (χ0v) is 8.85. The van der Waals surface area contributed by atoms with Gasteiger partial charge in [0.15, 0.2) is 0 Å². The van der Waals surface area contributed by atoms with Crippen LogP contribution in [-0.4, -0.2) is 19.3 Å². The van der Waals surface area contributed by atoms with Crippen LogP contribution in [0.15, 0.2) is 0 Å². The highest BCUT2D eigenvalue weighted by Crippen LogP contribution is 2.22. The average molecular weight is 187 g/mol. The minimum atomic E-state index is -0.592. The van der Waals surface area contributed by atoms with Crippen LogP contribution in [0.4, 0.5) is 4.39 Å². The van der Waals surface area contributed by atoms with Crippen LogP contribution in [0.3, 0.4) is 0 Å². The fourth-order valence-corrected chi connectivity index (χ4v) is 2.00. The first-order valence-corrected chi connectivity index (χ1v) is 5.55. The fourth-order valence-electron chi connectivity index (χ4n) is 2.00. The van der Waals surface area contributed by atoms with Gasteiger partial charge in [0.2, 0.25) is 0 Å². The zero-order chi connectivity index (χ0) is 9.68. The average Bonchev–Trinajstić information content (AvgIpc) is 2.29. The molecule has 0 saturated carbocycles. The van der Waals surface area contributed by atoms with E-state index < -0.39 is 6.17 Å². The molecule has 0 spiro atoms. The van der Waals surface area contributed by atoms with E-state index in [-0.39, 0.29) is 5.92 Å². The molecule has 0 bridgehead atoms. The van der Waals surface area contributed by atoms with Crippen molar-refractivity contribution in [3.63, 3.8) is 0 Å². The summed E-state index contributed by atoms with van der Waals surface area (Å²) in [5.74, 6) is 0.753. The molecule has 13 heavy (non-hydrogen) atoms. The summed E-state index contributed by atoms with van der Waals surface area (Å²) in [6, 6.07) is 0. The van der Waals surface area contributed by atoms with Gasteiger partial charge in [-0.15, -0.1) is 0 Å². The molecule has 0 aromatic heterocycles. The molecule has 1 heterocycles. The molecule has 0 radical (unpaired) electrons. The van der Waals surface area contributed by atoms with E-state index in [1.807, 2.05) is 0 Å². The molecule has 78 valence electrons. The molecule has 0 aromatic carbocycles. The molecular formula is C11H22FN. The second-order valence-corrected chi connectivity index (χ2v) is 4.61. The van der Waals surface area contributed by atoms with Gasteiger partial charge in [-0.1, -0.05) is 20.3 Å². The van der Waals surface area contributed by atoms with Crippen molar-refractivity contribution < 1.29 is 4.39 Å². The Balaban J connectivity index is 2.30. The lowest BCUT2D eigenvalue weighted by atomic mass is 9.92. The standard InChI is InChI=1S/C11H22FN/c1-9(2)7-11(12)10-5-3-4-6-13-8-10/h9-11,13H,3-8H2,1-2H3. The molecule has 2 atom stereocenters. The van der Waals surface area contributed by atoms with Gasteiger partial charge in [0.1, 0.15) is 6.17 Å². The smallest absolute Gasteiger partial charge is 0.104 e. The first kappa shape index (κ1) is 11.0. The summed E-state index contributed by atoms with van der Waals surface area (Å²) in [5, 5.41) is 3.31. The van der Waals surface area contributed by atoms with Crippen LogP contribution in [0.5, 0.6) is 0 Å². The third-order valence-corrected chi connectivity index (χ3v) is 2.79. The first-order valence-electron chi connectivity index (χ1n) is 5.55. The van der Waals surface area contributed by atoms with Crippen molar-refractivity contribution >= 4 is 0 Å². The largest absolute Gasteiger partial charge is 0.316 e. The van der Waals surface area contributed by atoms with Crippen molar-refractivity contribution in [3.8, 4) is 0 Å². The van der Waals surface area contributed by atoms with Gasteiger partial charge in [-0.3, -0.25) is 0 Å². The van der Waals surface area contributed by atoms with Gasteiger partial charge in [0.05, 0.1) is 0 Å². The highest BCUT2D eigenvalue weighted by Gasteiger charge is 2.22. The Hall–Kier alpha value is -0.110. The van der Waals surface area contributed by atoms with Crippen LogP contribution < -0.4 is 5.32 Å². The molecule has 0 aliphatic carbocycles. The summed E-state index contributed by atoms with van der Waals surface area (Å²) in [6.45, 7) is 6.15. The van der Waals surface area contributed by atoms with Gasteiger partial charge >= 0.3 is 0 Å². The number of hydrogen-bond acceptors (Lipinski definition) is 1. The minimum absolute atomic E-state index is 0.268. The Bertz CT molecular complexity index is 128. The lowest BCUT2D eigenvalue weighted by Crippen LogP contribution is -2.28. The molecule has 1 aliphatic rings. The number of rotatable bonds is 3. The summed E-state index contributed by atoms with van der Waals surface area (Å²) in [6.07, 6.45) is 3.61. The Morgan fingerprint density at radius 3 is 2.85 bits per heavy atom. The molecule has 1 nitrogen and oxygen atoms in total. The second kappa shape index (κ2) is 5.58. The maximum Gasteiger partial charge on any atom is 0.104 e. The lowest BCUT2D eigenvalue weighted by molar-refractivity contribution is 0.186. The molecule has 2 unspecified atom stereocenters. The van der Waals surface area contributed by atoms with Crippen LogP contribution in [0.2, 0.25) is 0 Å². The third-order valence-electron chi connectivity index (χ3n) is 2.79.